The Kier molecular flexibility index (Phi) is 7.30. The van der Waals surface area contributed by atoms with E-state index in [1.165, 1.54) is 31.4 Å². The minimum Gasteiger partial charge on any atom is -0.372 e. The summed E-state index contributed by atoms with van der Waals surface area (Å²) in [6.07, 6.45) is 9.72. The number of likely N-dealkylation sites (tertiary alicyclic amines) is 1. The number of hydrogen-bond acceptors (Lipinski definition) is 3. The summed E-state index contributed by atoms with van der Waals surface area (Å²) in [5.74, 6) is 1.16. The van der Waals surface area contributed by atoms with E-state index < -0.39 is 0 Å². The van der Waals surface area contributed by atoms with E-state index in [0.717, 1.165) is 49.3 Å². The van der Waals surface area contributed by atoms with Gasteiger partial charge in [-0.05, 0) is 70.2 Å². The predicted octanol–water partition coefficient (Wildman–Crippen LogP) is 5.29. The fraction of sp³-hybridized carbons (Fsp3) is 0.583. The Morgan fingerprint density at radius 1 is 1.04 bits per heavy atom. The molecule has 0 bridgehead atoms. The van der Waals surface area contributed by atoms with E-state index in [-0.39, 0.29) is 5.91 Å². The second-order valence-electron chi connectivity index (χ2n) is 7.82. The lowest BCUT2D eigenvalue weighted by atomic mass is 10.1. The molecule has 4 nitrogen and oxygen atoms in total. The molecule has 0 spiro atoms. The van der Waals surface area contributed by atoms with Gasteiger partial charge in [-0.25, -0.2) is 0 Å². The lowest BCUT2D eigenvalue weighted by Gasteiger charge is -2.22. The number of hydrogen-bond donors (Lipinski definition) is 0. The molecule has 1 aliphatic heterocycles. The van der Waals surface area contributed by atoms with Crippen LogP contribution in [-0.4, -0.2) is 42.3 Å². The highest BCUT2D eigenvalue weighted by atomic mass is 16.2. The third kappa shape index (κ3) is 4.84. The van der Waals surface area contributed by atoms with Gasteiger partial charge in [0.05, 0.1) is 6.04 Å². The zero-order chi connectivity index (χ0) is 19.9. The van der Waals surface area contributed by atoms with Crippen molar-refractivity contribution in [2.45, 2.75) is 71.8 Å². The number of carbonyl (C=O) groups excluding carboxylic acids is 1. The Hall–Kier alpha value is -2.10. The monoisotopic (exact) mass is 381 g/mol. The summed E-state index contributed by atoms with van der Waals surface area (Å²) < 4.78 is 0. The van der Waals surface area contributed by atoms with E-state index in [4.69, 9.17) is 4.99 Å². The normalized spacial score (nSPS) is 21.5. The number of rotatable bonds is 6. The van der Waals surface area contributed by atoms with Crippen LogP contribution in [0.3, 0.4) is 0 Å². The van der Waals surface area contributed by atoms with Crippen LogP contribution >= 0.6 is 0 Å². The summed E-state index contributed by atoms with van der Waals surface area (Å²) >= 11 is 0. The number of amidine groups is 1. The van der Waals surface area contributed by atoms with Gasteiger partial charge in [-0.2, -0.15) is 0 Å². The predicted molar refractivity (Wildman–Crippen MR) is 119 cm³/mol. The quantitative estimate of drug-likeness (QED) is 0.628. The van der Waals surface area contributed by atoms with E-state index in [1.807, 2.05) is 4.90 Å². The third-order valence-electron chi connectivity index (χ3n) is 6.01. The summed E-state index contributed by atoms with van der Waals surface area (Å²) in [4.78, 5) is 22.4. The molecule has 1 aliphatic carbocycles. The fourth-order valence-electron chi connectivity index (χ4n) is 4.38. The first kappa shape index (κ1) is 20.6. The topological polar surface area (TPSA) is 35.9 Å². The molecule has 152 valence electrons. The van der Waals surface area contributed by atoms with Crippen LogP contribution in [0.1, 0.15) is 71.3 Å². The van der Waals surface area contributed by atoms with Gasteiger partial charge in [-0.1, -0.05) is 25.0 Å². The smallest absolute Gasteiger partial charge is 0.255 e. The molecule has 0 atom stereocenters. The molecule has 2 fully saturated rings. The molecule has 4 heteroatoms. The third-order valence-corrected chi connectivity index (χ3v) is 6.01. The molecular formula is C24H35N3O. The average Bonchev–Trinajstić information content (AvgIpc) is 3.17. The molecule has 1 saturated carbocycles. The summed E-state index contributed by atoms with van der Waals surface area (Å²) in [6, 6.07) is 9.00. The first-order valence-corrected chi connectivity index (χ1v) is 11.1. The van der Waals surface area contributed by atoms with Gasteiger partial charge >= 0.3 is 0 Å². The number of amides is 1. The standard InChI is InChI=1S/C24H35N3O/c1-4-26(5-2)22-16-14-19(15-17-22)18-20-10-9-13-23(27(6-3)24(20)28)25-21-11-7-8-12-21/h14-18,21H,4-13H2,1-3H3/b20-18-,25-23-. The van der Waals surface area contributed by atoms with Crippen LogP contribution in [0, 0.1) is 0 Å². The second kappa shape index (κ2) is 9.90. The van der Waals surface area contributed by atoms with Gasteiger partial charge in [0, 0.05) is 37.3 Å². The molecule has 1 aromatic rings. The van der Waals surface area contributed by atoms with Crippen molar-refractivity contribution < 1.29 is 4.79 Å². The highest BCUT2D eigenvalue weighted by Crippen LogP contribution is 2.26. The summed E-state index contributed by atoms with van der Waals surface area (Å²) in [5.41, 5.74) is 3.25. The Bertz CT molecular complexity index is 710. The van der Waals surface area contributed by atoms with Crippen molar-refractivity contribution in [2.75, 3.05) is 24.5 Å². The first-order chi connectivity index (χ1) is 13.7. The molecule has 1 amide bonds. The van der Waals surface area contributed by atoms with Crippen molar-refractivity contribution >= 4 is 23.5 Å². The molecular weight excluding hydrogens is 346 g/mol. The maximum Gasteiger partial charge on any atom is 0.255 e. The Morgan fingerprint density at radius 3 is 2.32 bits per heavy atom. The molecule has 28 heavy (non-hydrogen) atoms. The van der Waals surface area contributed by atoms with Crippen molar-refractivity contribution in [1.82, 2.24) is 4.90 Å². The van der Waals surface area contributed by atoms with Crippen LogP contribution in [0.25, 0.3) is 6.08 Å². The van der Waals surface area contributed by atoms with Crippen LogP contribution in [0.2, 0.25) is 0 Å². The van der Waals surface area contributed by atoms with E-state index in [1.54, 1.807) is 0 Å². The second-order valence-corrected chi connectivity index (χ2v) is 7.82. The van der Waals surface area contributed by atoms with Crippen LogP contribution in [0.15, 0.2) is 34.8 Å². The van der Waals surface area contributed by atoms with Gasteiger partial charge in [0.15, 0.2) is 0 Å². The van der Waals surface area contributed by atoms with Crippen LogP contribution in [-0.2, 0) is 4.79 Å². The number of aliphatic imine (C=N–C) groups is 1. The highest BCUT2D eigenvalue weighted by molar-refractivity contribution is 6.09. The molecule has 3 rings (SSSR count). The fourth-order valence-corrected chi connectivity index (χ4v) is 4.38. The molecule has 0 N–H and O–H groups in total. The van der Waals surface area contributed by atoms with Gasteiger partial charge in [0.25, 0.3) is 5.91 Å². The minimum atomic E-state index is 0.143. The number of anilines is 1. The largest absolute Gasteiger partial charge is 0.372 e. The van der Waals surface area contributed by atoms with Gasteiger partial charge in [0.1, 0.15) is 5.84 Å². The van der Waals surface area contributed by atoms with Gasteiger partial charge in [0.2, 0.25) is 0 Å². The molecule has 1 heterocycles. The van der Waals surface area contributed by atoms with Crippen molar-refractivity contribution in [3.63, 3.8) is 0 Å². The lowest BCUT2D eigenvalue weighted by Crippen LogP contribution is -2.36. The number of carbonyl (C=O) groups is 1. The van der Waals surface area contributed by atoms with Crippen LogP contribution in [0.4, 0.5) is 5.69 Å². The maximum absolute atomic E-state index is 13.2. The maximum atomic E-state index is 13.2. The highest BCUT2D eigenvalue weighted by Gasteiger charge is 2.26. The number of likely N-dealkylation sites (N-methyl/N-ethyl adjacent to an activating group) is 1. The Labute approximate surface area is 170 Å². The summed E-state index contributed by atoms with van der Waals surface area (Å²) in [5, 5.41) is 0. The van der Waals surface area contributed by atoms with E-state index in [9.17, 15) is 4.79 Å². The van der Waals surface area contributed by atoms with Gasteiger partial charge < -0.3 is 4.90 Å². The average molecular weight is 382 g/mol. The molecule has 1 saturated heterocycles. The Balaban J connectivity index is 1.79. The SMILES string of the molecule is CCN1C(=O)/C(=C\c2ccc(N(CC)CC)cc2)CCC/C1=N/C1CCCC1. The van der Waals surface area contributed by atoms with E-state index in [0.29, 0.717) is 12.6 Å². The van der Waals surface area contributed by atoms with Gasteiger partial charge in [-0.3, -0.25) is 14.7 Å². The van der Waals surface area contributed by atoms with Crippen molar-refractivity contribution in [3.05, 3.63) is 35.4 Å². The van der Waals surface area contributed by atoms with Crippen molar-refractivity contribution in [1.29, 1.82) is 0 Å². The van der Waals surface area contributed by atoms with Crippen LogP contribution < -0.4 is 4.90 Å². The molecule has 0 unspecified atom stereocenters. The molecule has 2 aliphatic rings. The minimum absolute atomic E-state index is 0.143. The zero-order valence-corrected chi connectivity index (χ0v) is 17.8. The van der Waals surface area contributed by atoms with Crippen molar-refractivity contribution in [2.24, 2.45) is 4.99 Å². The summed E-state index contributed by atoms with van der Waals surface area (Å²) in [6.45, 7) is 9.11. The number of benzene rings is 1. The van der Waals surface area contributed by atoms with Crippen LogP contribution in [0.5, 0.6) is 0 Å². The van der Waals surface area contributed by atoms with Crippen molar-refractivity contribution in [3.8, 4) is 0 Å². The van der Waals surface area contributed by atoms with Gasteiger partial charge in [-0.15, -0.1) is 0 Å². The van der Waals surface area contributed by atoms with E-state index in [2.05, 4.69) is 56.0 Å². The van der Waals surface area contributed by atoms with E-state index >= 15 is 0 Å². The number of nitrogens with zero attached hydrogens (tertiary/aromatic N) is 3. The Morgan fingerprint density at radius 2 is 1.71 bits per heavy atom. The lowest BCUT2D eigenvalue weighted by molar-refractivity contribution is -0.123. The summed E-state index contributed by atoms with van der Waals surface area (Å²) in [7, 11) is 0. The zero-order valence-electron chi connectivity index (χ0n) is 17.8. The molecule has 0 radical (unpaired) electrons. The molecule has 0 aromatic heterocycles. The first-order valence-electron chi connectivity index (χ1n) is 11.1. The molecule has 1 aromatic carbocycles.